The van der Waals surface area contributed by atoms with Crippen LogP contribution in [-0.4, -0.2) is 32.1 Å². The van der Waals surface area contributed by atoms with E-state index >= 15 is 0 Å². The summed E-state index contributed by atoms with van der Waals surface area (Å²) >= 11 is 3.58. The summed E-state index contributed by atoms with van der Waals surface area (Å²) in [4.78, 5) is 2.21. The van der Waals surface area contributed by atoms with Crippen molar-refractivity contribution in [3.63, 3.8) is 0 Å². The highest BCUT2D eigenvalue weighted by Gasteiger charge is 2.01. The number of aryl methyl sites for hydroxylation is 2. The molecule has 3 heteroatoms. The molecule has 0 amide bonds. The molecule has 16 heavy (non-hydrogen) atoms. The molecule has 0 aliphatic rings. The molecule has 0 aliphatic carbocycles. The molecule has 2 nitrogen and oxygen atoms in total. The van der Waals surface area contributed by atoms with Gasteiger partial charge < -0.3 is 10.2 Å². The van der Waals surface area contributed by atoms with Crippen molar-refractivity contribution in [2.45, 2.75) is 20.3 Å². The number of nitrogens with zero attached hydrogens (tertiary/aromatic N) is 1. The quantitative estimate of drug-likeness (QED) is 0.834. The fourth-order valence-electron chi connectivity index (χ4n) is 1.68. The molecular weight excluding hydrogens is 264 g/mol. The number of anilines is 1. The third kappa shape index (κ3) is 4.14. The number of rotatable bonds is 5. The van der Waals surface area contributed by atoms with Gasteiger partial charge >= 0.3 is 0 Å². The van der Waals surface area contributed by atoms with Crippen molar-refractivity contribution >= 4 is 21.6 Å². The largest absolute Gasteiger partial charge is 0.385 e. The van der Waals surface area contributed by atoms with Crippen LogP contribution < -0.4 is 5.32 Å². The lowest BCUT2D eigenvalue weighted by Gasteiger charge is -2.12. The summed E-state index contributed by atoms with van der Waals surface area (Å²) in [6.07, 6.45) is 1.17. The SMILES string of the molecule is Cc1cc(NCCCN(C)C)cc(C)c1Br. The van der Waals surface area contributed by atoms with Crippen LogP contribution >= 0.6 is 15.9 Å². The fourth-order valence-corrected chi connectivity index (χ4v) is 1.90. The van der Waals surface area contributed by atoms with E-state index in [2.05, 4.69) is 66.2 Å². The Kier molecular flexibility index (Phi) is 5.29. The van der Waals surface area contributed by atoms with Crippen molar-refractivity contribution in [3.8, 4) is 0 Å². The van der Waals surface area contributed by atoms with Crippen molar-refractivity contribution in [2.24, 2.45) is 0 Å². The lowest BCUT2D eigenvalue weighted by molar-refractivity contribution is 0.405. The molecule has 0 radical (unpaired) electrons. The second-order valence-electron chi connectivity index (χ2n) is 4.51. The molecule has 0 fully saturated rings. The first kappa shape index (κ1) is 13.5. The predicted molar refractivity (Wildman–Crippen MR) is 75.3 cm³/mol. The summed E-state index contributed by atoms with van der Waals surface area (Å²) in [6, 6.07) is 4.37. The number of hydrogen-bond acceptors (Lipinski definition) is 2. The molecule has 1 aromatic carbocycles. The molecular formula is C13H21BrN2. The molecule has 0 aromatic heterocycles. The number of benzene rings is 1. The lowest BCUT2D eigenvalue weighted by atomic mass is 10.1. The minimum absolute atomic E-state index is 1.03. The summed E-state index contributed by atoms with van der Waals surface area (Å²) in [6.45, 7) is 6.41. The third-order valence-electron chi connectivity index (χ3n) is 2.55. The van der Waals surface area contributed by atoms with Gasteiger partial charge in [0.05, 0.1) is 0 Å². The second-order valence-corrected chi connectivity index (χ2v) is 5.30. The van der Waals surface area contributed by atoms with Crippen molar-refractivity contribution < 1.29 is 0 Å². The van der Waals surface area contributed by atoms with Crippen LogP contribution in [0.4, 0.5) is 5.69 Å². The molecule has 90 valence electrons. The van der Waals surface area contributed by atoms with Crippen molar-refractivity contribution in [1.29, 1.82) is 0 Å². The lowest BCUT2D eigenvalue weighted by Crippen LogP contribution is -2.16. The molecule has 0 saturated carbocycles. The van der Waals surface area contributed by atoms with Gasteiger partial charge in [0, 0.05) is 16.7 Å². The molecule has 0 unspecified atom stereocenters. The fraction of sp³-hybridized carbons (Fsp3) is 0.538. The summed E-state index contributed by atoms with van der Waals surface area (Å²) in [5.74, 6) is 0. The number of halogens is 1. The van der Waals surface area contributed by atoms with Gasteiger partial charge in [0.2, 0.25) is 0 Å². The minimum Gasteiger partial charge on any atom is -0.385 e. The van der Waals surface area contributed by atoms with Crippen molar-refractivity contribution in [3.05, 3.63) is 27.7 Å². The Morgan fingerprint density at radius 3 is 2.25 bits per heavy atom. The highest BCUT2D eigenvalue weighted by molar-refractivity contribution is 9.10. The normalized spacial score (nSPS) is 10.9. The Hall–Kier alpha value is -0.540. The van der Waals surface area contributed by atoms with Crippen LogP contribution in [-0.2, 0) is 0 Å². The molecule has 1 N–H and O–H groups in total. The van der Waals surface area contributed by atoms with E-state index in [0.717, 1.165) is 13.1 Å². The summed E-state index contributed by atoms with van der Waals surface area (Å²) in [5, 5.41) is 3.46. The predicted octanol–water partition coefficient (Wildman–Crippen LogP) is 3.43. The maximum Gasteiger partial charge on any atom is 0.0346 e. The second kappa shape index (κ2) is 6.26. The first-order chi connectivity index (χ1) is 7.50. The first-order valence-electron chi connectivity index (χ1n) is 5.66. The molecule has 0 heterocycles. The van der Waals surface area contributed by atoms with Gasteiger partial charge in [0.25, 0.3) is 0 Å². The van der Waals surface area contributed by atoms with E-state index in [0.29, 0.717) is 0 Å². The maximum atomic E-state index is 3.58. The summed E-state index contributed by atoms with van der Waals surface area (Å²) in [7, 11) is 4.21. The highest BCUT2D eigenvalue weighted by atomic mass is 79.9. The van der Waals surface area contributed by atoms with Crippen LogP contribution in [0.5, 0.6) is 0 Å². The zero-order chi connectivity index (χ0) is 12.1. The van der Waals surface area contributed by atoms with Gasteiger partial charge in [0.1, 0.15) is 0 Å². The van der Waals surface area contributed by atoms with Gasteiger partial charge in [-0.05, 0) is 64.2 Å². The Balaban J connectivity index is 2.49. The summed E-state index contributed by atoms with van der Waals surface area (Å²) in [5.41, 5.74) is 3.79. The van der Waals surface area contributed by atoms with Crippen molar-refractivity contribution in [1.82, 2.24) is 4.90 Å². The Morgan fingerprint density at radius 2 is 1.75 bits per heavy atom. The zero-order valence-corrected chi connectivity index (χ0v) is 12.2. The van der Waals surface area contributed by atoms with E-state index in [1.165, 1.54) is 27.7 Å². The van der Waals surface area contributed by atoms with Gasteiger partial charge in [-0.2, -0.15) is 0 Å². The Morgan fingerprint density at radius 1 is 1.19 bits per heavy atom. The average molecular weight is 285 g/mol. The maximum absolute atomic E-state index is 3.58. The average Bonchev–Trinajstić information content (AvgIpc) is 2.20. The van der Waals surface area contributed by atoms with Crippen LogP contribution in [0.3, 0.4) is 0 Å². The van der Waals surface area contributed by atoms with Crippen LogP contribution in [0.25, 0.3) is 0 Å². The Bertz CT molecular complexity index is 325. The molecule has 0 aliphatic heterocycles. The summed E-state index contributed by atoms with van der Waals surface area (Å²) < 4.78 is 1.21. The highest BCUT2D eigenvalue weighted by Crippen LogP contribution is 2.24. The standard InChI is InChI=1S/C13H21BrN2/c1-10-8-12(9-11(2)13(10)14)15-6-5-7-16(3)4/h8-9,15H,5-7H2,1-4H3. The van der Waals surface area contributed by atoms with Gasteiger partial charge in [-0.1, -0.05) is 15.9 Å². The number of nitrogens with one attached hydrogen (secondary N) is 1. The molecule has 0 atom stereocenters. The molecule has 0 spiro atoms. The van der Waals surface area contributed by atoms with Crippen LogP contribution in [0.15, 0.2) is 16.6 Å². The monoisotopic (exact) mass is 284 g/mol. The van der Waals surface area contributed by atoms with Crippen molar-refractivity contribution in [2.75, 3.05) is 32.5 Å². The first-order valence-corrected chi connectivity index (χ1v) is 6.45. The molecule has 0 saturated heterocycles. The van der Waals surface area contributed by atoms with Gasteiger partial charge in [-0.3, -0.25) is 0 Å². The molecule has 1 rings (SSSR count). The Labute approximate surface area is 107 Å². The van der Waals surface area contributed by atoms with E-state index in [4.69, 9.17) is 0 Å². The molecule has 1 aromatic rings. The van der Waals surface area contributed by atoms with Crippen LogP contribution in [0.2, 0.25) is 0 Å². The van der Waals surface area contributed by atoms with E-state index in [9.17, 15) is 0 Å². The van der Waals surface area contributed by atoms with Crippen LogP contribution in [0.1, 0.15) is 17.5 Å². The van der Waals surface area contributed by atoms with E-state index in [1.807, 2.05) is 0 Å². The van der Waals surface area contributed by atoms with E-state index < -0.39 is 0 Å². The van der Waals surface area contributed by atoms with E-state index in [1.54, 1.807) is 0 Å². The van der Waals surface area contributed by atoms with Gasteiger partial charge in [-0.15, -0.1) is 0 Å². The van der Waals surface area contributed by atoms with Gasteiger partial charge in [0.15, 0.2) is 0 Å². The smallest absolute Gasteiger partial charge is 0.0346 e. The van der Waals surface area contributed by atoms with Crippen LogP contribution in [0, 0.1) is 13.8 Å². The third-order valence-corrected chi connectivity index (χ3v) is 3.80. The zero-order valence-electron chi connectivity index (χ0n) is 10.6. The van der Waals surface area contributed by atoms with Gasteiger partial charge in [-0.25, -0.2) is 0 Å². The molecule has 0 bridgehead atoms. The topological polar surface area (TPSA) is 15.3 Å². The number of hydrogen-bond donors (Lipinski definition) is 1. The van der Waals surface area contributed by atoms with E-state index in [-0.39, 0.29) is 0 Å². The minimum atomic E-state index is 1.03.